The van der Waals surface area contributed by atoms with Gasteiger partial charge in [-0.1, -0.05) is 6.92 Å². The standard InChI is InChI=1S/C10H19N5/c1-5-7(2)15(4)10-8(3)9(14-11)12-6-13-10/h6-7H,5,11H2,1-4H3,(H,12,13,14). The van der Waals surface area contributed by atoms with E-state index in [4.69, 9.17) is 5.84 Å². The fourth-order valence-corrected chi connectivity index (χ4v) is 1.42. The molecule has 0 aliphatic rings. The van der Waals surface area contributed by atoms with E-state index in [1.54, 1.807) is 0 Å². The topological polar surface area (TPSA) is 67.1 Å². The number of hydrogen-bond acceptors (Lipinski definition) is 5. The lowest BCUT2D eigenvalue weighted by Crippen LogP contribution is -2.30. The van der Waals surface area contributed by atoms with E-state index in [2.05, 4.69) is 34.1 Å². The zero-order valence-electron chi connectivity index (χ0n) is 9.78. The minimum atomic E-state index is 0.448. The minimum Gasteiger partial charge on any atom is -0.357 e. The first kappa shape index (κ1) is 11.7. The van der Waals surface area contributed by atoms with Crippen LogP contribution in [-0.2, 0) is 0 Å². The summed E-state index contributed by atoms with van der Waals surface area (Å²) in [7, 11) is 2.03. The smallest absolute Gasteiger partial charge is 0.148 e. The SMILES string of the molecule is CCC(C)N(C)c1ncnc(NN)c1C. The van der Waals surface area contributed by atoms with Crippen LogP contribution in [0.1, 0.15) is 25.8 Å². The highest BCUT2D eigenvalue weighted by molar-refractivity contribution is 5.57. The van der Waals surface area contributed by atoms with Gasteiger partial charge in [0.15, 0.2) is 0 Å². The average molecular weight is 209 g/mol. The highest BCUT2D eigenvalue weighted by atomic mass is 15.3. The van der Waals surface area contributed by atoms with Crippen molar-refractivity contribution in [3.8, 4) is 0 Å². The Bertz CT molecular complexity index is 326. The summed E-state index contributed by atoms with van der Waals surface area (Å²) >= 11 is 0. The van der Waals surface area contributed by atoms with Gasteiger partial charge in [0, 0.05) is 18.7 Å². The van der Waals surface area contributed by atoms with Gasteiger partial charge in [0.1, 0.15) is 18.0 Å². The maximum absolute atomic E-state index is 5.37. The number of nitrogens with zero attached hydrogens (tertiary/aromatic N) is 3. The van der Waals surface area contributed by atoms with Crippen molar-refractivity contribution < 1.29 is 0 Å². The Morgan fingerprint density at radius 3 is 2.73 bits per heavy atom. The van der Waals surface area contributed by atoms with Gasteiger partial charge >= 0.3 is 0 Å². The molecule has 1 rings (SSSR count). The van der Waals surface area contributed by atoms with Gasteiger partial charge in [-0.2, -0.15) is 0 Å². The molecule has 0 spiro atoms. The first-order valence-electron chi connectivity index (χ1n) is 5.12. The molecule has 1 aromatic heterocycles. The van der Waals surface area contributed by atoms with E-state index in [1.165, 1.54) is 6.33 Å². The van der Waals surface area contributed by atoms with Crippen LogP contribution in [0.15, 0.2) is 6.33 Å². The van der Waals surface area contributed by atoms with Gasteiger partial charge in [-0.05, 0) is 20.3 Å². The third kappa shape index (κ3) is 2.36. The van der Waals surface area contributed by atoms with Crippen LogP contribution in [0.4, 0.5) is 11.6 Å². The number of nitrogens with two attached hydrogens (primary N) is 1. The number of nitrogens with one attached hydrogen (secondary N) is 1. The van der Waals surface area contributed by atoms with E-state index in [0.29, 0.717) is 11.9 Å². The Morgan fingerprint density at radius 2 is 2.20 bits per heavy atom. The van der Waals surface area contributed by atoms with Crippen molar-refractivity contribution in [3.05, 3.63) is 11.9 Å². The summed E-state index contributed by atoms with van der Waals surface area (Å²) in [5, 5.41) is 0. The second kappa shape index (κ2) is 4.93. The lowest BCUT2D eigenvalue weighted by atomic mass is 10.2. The minimum absolute atomic E-state index is 0.448. The summed E-state index contributed by atoms with van der Waals surface area (Å²) in [6.07, 6.45) is 2.60. The molecule has 0 saturated heterocycles. The van der Waals surface area contributed by atoms with Crippen molar-refractivity contribution in [1.29, 1.82) is 0 Å². The lowest BCUT2D eigenvalue weighted by molar-refractivity contribution is 0.654. The molecule has 0 aromatic carbocycles. The summed E-state index contributed by atoms with van der Waals surface area (Å²) < 4.78 is 0. The zero-order valence-corrected chi connectivity index (χ0v) is 9.78. The Hall–Kier alpha value is -1.36. The molecule has 5 nitrogen and oxygen atoms in total. The van der Waals surface area contributed by atoms with Crippen LogP contribution in [0, 0.1) is 6.92 Å². The second-order valence-electron chi connectivity index (χ2n) is 3.68. The molecule has 5 heteroatoms. The van der Waals surface area contributed by atoms with Crippen LogP contribution >= 0.6 is 0 Å². The first-order chi connectivity index (χ1) is 7.11. The molecule has 3 N–H and O–H groups in total. The first-order valence-corrected chi connectivity index (χ1v) is 5.12. The molecule has 15 heavy (non-hydrogen) atoms. The van der Waals surface area contributed by atoms with Gasteiger partial charge < -0.3 is 10.3 Å². The molecule has 1 unspecified atom stereocenters. The van der Waals surface area contributed by atoms with Crippen LogP contribution in [0.2, 0.25) is 0 Å². The Morgan fingerprint density at radius 1 is 1.53 bits per heavy atom. The number of aromatic nitrogens is 2. The van der Waals surface area contributed by atoms with Gasteiger partial charge in [-0.25, -0.2) is 15.8 Å². The Balaban J connectivity index is 3.03. The molecule has 84 valence electrons. The van der Waals surface area contributed by atoms with Crippen LogP contribution in [0.5, 0.6) is 0 Å². The number of anilines is 2. The Labute approximate surface area is 90.7 Å². The molecule has 0 aliphatic carbocycles. The van der Waals surface area contributed by atoms with Crippen molar-refractivity contribution in [2.24, 2.45) is 5.84 Å². The normalized spacial score (nSPS) is 12.3. The van der Waals surface area contributed by atoms with Crippen molar-refractivity contribution in [1.82, 2.24) is 9.97 Å². The molecule has 0 aliphatic heterocycles. The molecule has 1 heterocycles. The maximum atomic E-state index is 5.37. The van der Waals surface area contributed by atoms with E-state index in [-0.39, 0.29) is 0 Å². The molecule has 0 amide bonds. The largest absolute Gasteiger partial charge is 0.357 e. The third-order valence-electron chi connectivity index (χ3n) is 2.78. The fraction of sp³-hybridized carbons (Fsp3) is 0.600. The quantitative estimate of drug-likeness (QED) is 0.578. The molecule has 0 fully saturated rings. The summed E-state index contributed by atoms with van der Waals surface area (Å²) in [6, 6.07) is 0.448. The van der Waals surface area contributed by atoms with Crippen molar-refractivity contribution in [2.75, 3.05) is 17.4 Å². The van der Waals surface area contributed by atoms with E-state index in [9.17, 15) is 0 Å². The van der Waals surface area contributed by atoms with Gasteiger partial charge in [0.05, 0.1) is 0 Å². The number of rotatable bonds is 4. The predicted octanol–water partition coefficient (Wildman–Crippen LogP) is 1.31. The van der Waals surface area contributed by atoms with Crippen LogP contribution in [-0.4, -0.2) is 23.1 Å². The molecular weight excluding hydrogens is 190 g/mol. The highest BCUT2D eigenvalue weighted by Gasteiger charge is 2.13. The van der Waals surface area contributed by atoms with Crippen LogP contribution < -0.4 is 16.2 Å². The number of nitrogen functional groups attached to an aromatic ring is 1. The molecule has 0 bridgehead atoms. The van der Waals surface area contributed by atoms with E-state index in [1.807, 2.05) is 14.0 Å². The maximum Gasteiger partial charge on any atom is 0.148 e. The Kier molecular flexibility index (Phi) is 3.85. The van der Waals surface area contributed by atoms with Gasteiger partial charge in [-0.3, -0.25) is 0 Å². The van der Waals surface area contributed by atoms with Gasteiger partial charge in [0.25, 0.3) is 0 Å². The molecule has 0 radical (unpaired) electrons. The van der Waals surface area contributed by atoms with E-state index < -0.39 is 0 Å². The highest BCUT2D eigenvalue weighted by Crippen LogP contribution is 2.22. The summed E-state index contributed by atoms with van der Waals surface area (Å²) in [5.41, 5.74) is 3.54. The van der Waals surface area contributed by atoms with Gasteiger partial charge in [0.2, 0.25) is 0 Å². The summed E-state index contributed by atoms with van der Waals surface area (Å²) in [5.74, 6) is 6.97. The molecule has 0 saturated carbocycles. The predicted molar refractivity (Wildman–Crippen MR) is 62.7 cm³/mol. The summed E-state index contributed by atoms with van der Waals surface area (Å²) in [6.45, 7) is 6.28. The van der Waals surface area contributed by atoms with Crippen LogP contribution in [0.3, 0.4) is 0 Å². The van der Waals surface area contributed by atoms with Crippen molar-refractivity contribution in [3.63, 3.8) is 0 Å². The van der Waals surface area contributed by atoms with Crippen molar-refractivity contribution in [2.45, 2.75) is 33.2 Å². The van der Waals surface area contributed by atoms with E-state index in [0.717, 1.165) is 17.8 Å². The molecule has 1 aromatic rings. The van der Waals surface area contributed by atoms with E-state index >= 15 is 0 Å². The zero-order chi connectivity index (χ0) is 11.4. The van der Waals surface area contributed by atoms with Crippen molar-refractivity contribution >= 4 is 11.6 Å². The number of hydrazine groups is 1. The van der Waals surface area contributed by atoms with Gasteiger partial charge in [-0.15, -0.1) is 0 Å². The fourth-order valence-electron chi connectivity index (χ4n) is 1.42. The summed E-state index contributed by atoms with van der Waals surface area (Å²) in [4.78, 5) is 10.5. The average Bonchev–Trinajstić information content (AvgIpc) is 2.27. The monoisotopic (exact) mass is 209 g/mol. The second-order valence-corrected chi connectivity index (χ2v) is 3.68. The number of hydrogen-bond donors (Lipinski definition) is 2. The molecular formula is C10H19N5. The molecule has 1 atom stereocenters. The van der Waals surface area contributed by atoms with Crippen LogP contribution in [0.25, 0.3) is 0 Å². The lowest BCUT2D eigenvalue weighted by Gasteiger charge is -2.26. The third-order valence-corrected chi connectivity index (χ3v) is 2.78.